The molecule has 0 saturated heterocycles. The molecule has 0 bridgehead atoms. The van der Waals surface area contributed by atoms with Crippen LogP contribution in [0.25, 0.3) is 6.08 Å². The molecule has 0 amide bonds. The minimum absolute atomic E-state index is 0.316. The normalized spacial score (nSPS) is 12.8. The van der Waals surface area contributed by atoms with Crippen molar-refractivity contribution in [1.29, 1.82) is 0 Å². The molecule has 2 heterocycles. The van der Waals surface area contributed by atoms with Gasteiger partial charge in [-0.05, 0) is 43.2 Å². The van der Waals surface area contributed by atoms with Gasteiger partial charge in [-0.25, -0.2) is 4.39 Å². The van der Waals surface area contributed by atoms with Gasteiger partial charge in [0.05, 0.1) is 5.69 Å². The lowest BCUT2D eigenvalue weighted by Crippen LogP contribution is -2.25. The van der Waals surface area contributed by atoms with E-state index in [-0.39, 0.29) is 6.67 Å². The molecule has 1 N–H and O–H groups in total. The van der Waals surface area contributed by atoms with E-state index in [4.69, 9.17) is 0 Å². The van der Waals surface area contributed by atoms with Gasteiger partial charge < -0.3 is 4.98 Å². The van der Waals surface area contributed by atoms with Gasteiger partial charge in [0.15, 0.2) is 0 Å². The van der Waals surface area contributed by atoms with Crippen molar-refractivity contribution in [3.8, 4) is 11.8 Å². The number of hydrogen-bond acceptors (Lipinski definition) is 2. The Morgan fingerprint density at radius 2 is 2.09 bits per heavy atom. The highest BCUT2D eigenvalue weighted by Gasteiger charge is 2.00. The summed E-state index contributed by atoms with van der Waals surface area (Å²) >= 11 is 0. The lowest BCUT2D eigenvalue weighted by Gasteiger charge is -2.14. The Bertz CT molecular complexity index is 804. The Morgan fingerprint density at radius 1 is 1.26 bits per heavy atom. The number of rotatable bonds is 4. The molecule has 23 heavy (non-hydrogen) atoms. The SMILES string of the molecule is CN(CCF)Cc1ccc(C#Cc2cc3c([nH]2)=NCCC=3)cc1. The number of benzene rings is 1. The largest absolute Gasteiger partial charge is 0.333 e. The Hall–Kier alpha value is -2.38. The van der Waals surface area contributed by atoms with Gasteiger partial charge in [0.1, 0.15) is 12.2 Å². The topological polar surface area (TPSA) is 31.4 Å². The monoisotopic (exact) mass is 309 g/mol. The molecule has 3 rings (SSSR count). The van der Waals surface area contributed by atoms with Crippen molar-refractivity contribution in [2.45, 2.75) is 13.0 Å². The number of aromatic amines is 1. The molecule has 1 aliphatic rings. The maximum Gasteiger partial charge on any atom is 0.132 e. The van der Waals surface area contributed by atoms with Crippen LogP contribution in [0.1, 0.15) is 23.2 Å². The number of halogens is 1. The van der Waals surface area contributed by atoms with Crippen molar-refractivity contribution in [1.82, 2.24) is 9.88 Å². The number of nitrogens with zero attached hydrogens (tertiary/aromatic N) is 2. The number of H-pyrrole nitrogens is 1. The standard InChI is InChI=1S/C19H20FN3/c1-23(12-10-20)14-16-6-4-15(5-7-16)8-9-18-13-17-3-2-11-21-19(17)22-18/h3-7,13H,2,10-12,14H2,1H3,(H,21,22). The van der Waals surface area contributed by atoms with E-state index in [1.54, 1.807) is 0 Å². The van der Waals surface area contributed by atoms with Crippen LogP contribution in [0, 0.1) is 11.8 Å². The Balaban J connectivity index is 1.71. The van der Waals surface area contributed by atoms with Crippen LogP contribution >= 0.6 is 0 Å². The fourth-order valence-electron chi connectivity index (χ4n) is 2.58. The summed E-state index contributed by atoms with van der Waals surface area (Å²) in [6, 6.07) is 10.1. The highest BCUT2D eigenvalue weighted by atomic mass is 19.1. The molecule has 0 radical (unpaired) electrons. The van der Waals surface area contributed by atoms with Gasteiger partial charge in [0.25, 0.3) is 0 Å². The summed E-state index contributed by atoms with van der Waals surface area (Å²) in [6.45, 7) is 1.74. The average Bonchev–Trinajstić information content (AvgIpc) is 2.97. The molecule has 1 aromatic carbocycles. The van der Waals surface area contributed by atoms with Gasteiger partial charge in [-0.2, -0.15) is 0 Å². The zero-order chi connectivity index (χ0) is 16.1. The lowest BCUT2D eigenvalue weighted by molar-refractivity contribution is 0.289. The van der Waals surface area contributed by atoms with Crippen molar-refractivity contribution < 1.29 is 4.39 Å². The van der Waals surface area contributed by atoms with Gasteiger partial charge in [-0.3, -0.25) is 9.89 Å². The molecule has 0 unspecified atom stereocenters. The van der Waals surface area contributed by atoms with Crippen LogP contribution in [-0.4, -0.2) is 36.7 Å². The summed E-state index contributed by atoms with van der Waals surface area (Å²) in [7, 11) is 1.92. The van der Waals surface area contributed by atoms with Gasteiger partial charge in [0, 0.05) is 30.4 Å². The second kappa shape index (κ2) is 7.26. The fraction of sp³-hybridized carbons (Fsp3) is 0.316. The minimum Gasteiger partial charge on any atom is -0.333 e. The van der Waals surface area contributed by atoms with E-state index < -0.39 is 0 Å². The highest BCUT2D eigenvalue weighted by molar-refractivity contribution is 5.42. The van der Waals surface area contributed by atoms with E-state index in [0.717, 1.165) is 47.0 Å². The van der Waals surface area contributed by atoms with E-state index in [1.807, 2.05) is 42.3 Å². The molecule has 4 heteroatoms. The first kappa shape index (κ1) is 15.5. The second-order valence-electron chi connectivity index (χ2n) is 5.74. The van der Waals surface area contributed by atoms with Crippen molar-refractivity contribution in [2.24, 2.45) is 4.99 Å². The predicted molar refractivity (Wildman–Crippen MR) is 90.3 cm³/mol. The third-order valence-electron chi connectivity index (χ3n) is 3.80. The predicted octanol–water partition coefficient (Wildman–Crippen LogP) is 1.62. The summed E-state index contributed by atoms with van der Waals surface area (Å²) in [5.74, 6) is 6.32. The van der Waals surface area contributed by atoms with E-state index in [0.29, 0.717) is 6.54 Å². The van der Waals surface area contributed by atoms with Crippen molar-refractivity contribution in [3.63, 3.8) is 0 Å². The fourth-order valence-corrected chi connectivity index (χ4v) is 2.58. The third-order valence-corrected chi connectivity index (χ3v) is 3.80. The van der Waals surface area contributed by atoms with Crippen molar-refractivity contribution in [3.05, 3.63) is 57.9 Å². The summed E-state index contributed by atoms with van der Waals surface area (Å²) < 4.78 is 12.3. The highest BCUT2D eigenvalue weighted by Crippen LogP contribution is 2.06. The van der Waals surface area contributed by atoms with Crippen LogP contribution in [0.2, 0.25) is 0 Å². The summed E-state index contributed by atoms with van der Waals surface area (Å²) in [6.07, 6.45) is 3.18. The number of fused-ring (bicyclic) bond motifs is 1. The maximum absolute atomic E-state index is 12.3. The molecule has 0 aliphatic carbocycles. The quantitative estimate of drug-likeness (QED) is 0.855. The third kappa shape index (κ3) is 4.08. The molecule has 118 valence electrons. The minimum atomic E-state index is -0.316. The van der Waals surface area contributed by atoms with Crippen molar-refractivity contribution in [2.75, 3.05) is 26.8 Å². The van der Waals surface area contributed by atoms with E-state index in [9.17, 15) is 4.39 Å². The smallest absolute Gasteiger partial charge is 0.132 e. The first-order chi connectivity index (χ1) is 11.2. The van der Waals surface area contributed by atoms with E-state index in [1.165, 1.54) is 0 Å². The van der Waals surface area contributed by atoms with Crippen LogP contribution < -0.4 is 10.7 Å². The van der Waals surface area contributed by atoms with Crippen molar-refractivity contribution >= 4 is 6.08 Å². The molecule has 3 nitrogen and oxygen atoms in total. The van der Waals surface area contributed by atoms with E-state index in [2.05, 4.69) is 27.9 Å². The van der Waals surface area contributed by atoms with Gasteiger partial charge in [-0.1, -0.05) is 24.1 Å². The van der Waals surface area contributed by atoms with Crippen LogP contribution in [0.4, 0.5) is 4.39 Å². The summed E-state index contributed by atoms with van der Waals surface area (Å²) in [4.78, 5) is 9.64. The zero-order valence-corrected chi connectivity index (χ0v) is 13.3. The number of nitrogens with one attached hydrogen (secondary N) is 1. The van der Waals surface area contributed by atoms with Crippen LogP contribution in [-0.2, 0) is 6.54 Å². The Kier molecular flexibility index (Phi) is 4.89. The molecule has 0 atom stereocenters. The number of alkyl halides is 1. The molecule has 0 spiro atoms. The summed E-state index contributed by atoms with van der Waals surface area (Å²) in [5.41, 5.74) is 3.96. The molecule has 1 aliphatic heterocycles. The van der Waals surface area contributed by atoms with Gasteiger partial charge in [0.2, 0.25) is 0 Å². The van der Waals surface area contributed by atoms with Gasteiger partial charge in [-0.15, -0.1) is 0 Å². The molecule has 2 aromatic rings. The molecule has 0 saturated carbocycles. The van der Waals surface area contributed by atoms with Crippen LogP contribution in [0.3, 0.4) is 0 Å². The molecule has 1 aromatic heterocycles. The van der Waals surface area contributed by atoms with E-state index >= 15 is 0 Å². The Morgan fingerprint density at radius 3 is 2.83 bits per heavy atom. The van der Waals surface area contributed by atoms with Gasteiger partial charge >= 0.3 is 0 Å². The average molecular weight is 309 g/mol. The van der Waals surface area contributed by atoms with Crippen LogP contribution in [0.15, 0.2) is 35.3 Å². The Labute approximate surface area is 135 Å². The first-order valence-corrected chi connectivity index (χ1v) is 7.84. The zero-order valence-electron chi connectivity index (χ0n) is 13.3. The second-order valence-corrected chi connectivity index (χ2v) is 5.74. The first-order valence-electron chi connectivity index (χ1n) is 7.84. The summed E-state index contributed by atoms with van der Waals surface area (Å²) in [5, 5.41) is 1.15. The lowest BCUT2D eigenvalue weighted by atomic mass is 10.1. The van der Waals surface area contributed by atoms with Crippen LogP contribution in [0.5, 0.6) is 0 Å². The maximum atomic E-state index is 12.3. The molecule has 0 fully saturated rings. The number of aromatic nitrogens is 1. The molecular weight excluding hydrogens is 289 g/mol. The molecular formula is C19H20FN3. The number of hydrogen-bond donors (Lipinski definition) is 1.